The molecule has 5 nitrogen and oxygen atoms in total. The number of piperazine rings is 1. The van der Waals surface area contributed by atoms with Crippen LogP contribution in [0.4, 0.5) is 11.5 Å². The smallest absolute Gasteiger partial charge is 0.131 e. The third-order valence-electron chi connectivity index (χ3n) is 5.32. The molecule has 27 heavy (non-hydrogen) atoms. The molecule has 2 aromatic carbocycles. The Hall–Kier alpha value is -2.63. The number of hydrogen-bond donors (Lipinski definition) is 2. The molecule has 0 atom stereocenters. The van der Waals surface area contributed by atoms with Crippen LogP contribution in [0.25, 0.3) is 10.8 Å². The normalized spacial score (nSPS) is 15.9. The van der Waals surface area contributed by atoms with Crippen molar-refractivity contribution in [2.24, 2.45) is 0 Å². The number of nitrogens with two attached hydrogens (primary N) is 1. The van der Waals surface area contributed by atoms with Crippen LogP contribution in [-0.2, 0) is 13.1 Å². The largest absolute Gasteiger partial charge is 0.383 e. The standard InChI is InChI=1S/C22H27N5/c1-26-10-12-27(13-11-26)16-18-4-2-17(3-5-18)15-25-20-6-7-21-19(14-20)8-9-24-22(21)23/h2-9,14,25H,10-13,15-16H2,1H3,(H2,23,24). The van der Waals surface area contributed by atoms with Crippen molar-refractivity contribution < 1.29 is 0 Å². The molecule has 3 aromatic rings. The van der Waals surface area contributed by atoms with Gasteiger partial charge in [-0.2, -0.15) is 0 Å². The maximum Gasteiger partial charge on any atom is 0.131 e. The van der Waals surface area contributed by atoms with Gasteiger partial charge in [-0.15, -0.1) is 0 Å². The van der Waals surface area contributed by atoms with Crippen LogP contribution < -0.4 is 11.1 Å². The molecular formula is C22H27N5. The van der Waals surface area contributed by atoms with E-state index >= 15 is 0 Å². The summed E-state index contributed by atoms with van der Waals surface area (Å²) in [5, 5.41) is 5.60. The molecule has 1 aliphatic rings. The number of nitrogens with one attached hydrogen (secondary N) is 1. The van der Waals surface area contributed by atoms with E-state index in [4.69, 9.17) is 5.73 Å². The Morgan fingerprint density at radius 3 is 2.48 bits per heavy atom. The number of aromatic nitrogens is 1. The lowest BCUT2D eigenvalue weighted by atomic mass is 10.1. The van der Waals surface area contributed by atoms with Crippen LogP contribution in [0, 0.1) is 0 Å². The maximum absolute atomic E-state index is 5.92. The van der Waals surface area contributed by atoms with Gasteiger partial charge in [-0.05, 0) is 47.8 Å². The number of fused-ring (bicyclic) bond motifs is 1. The minimum Gasteiger partial charge on any atom is -0.383 e. The molecule has 0 saturated carbocycles. The quantitative estimate of drug-likeness (QED) is 0.731. The van der Waals surface area contributed by atoms with E-state index in [0.29, 0.717) is 5.82 Å². The van der Waals surface area contributed by atoms with Gasteiger partial charge in [0.25, 0.3) is 0 Å². The highest BCUT2D eigenvalue weighted by Gasteiger charge is 2.13. The molecule has 2 heterocycles. The third-order valence-corrected chi connectivity index (χ3v) is 5.32. The van der Waals surface area contributed by atoms with Gasteiger partial charge in [-0.1, -0.05) is 24.3 Å². The van der Waals surface area contributed by atoms with Crippen LogP contribution >= 0.6 is 0 Å². The number of nitrogen functional groups attached to an aromatic ring is 1. The number of benzene rings is 2. The number of rotatable bonds is 5. The summed E-state index contributed by atoms with van der Waals surface area (Å²) in [6, 6.07) is 17.1. The minimum atomic E-state index is 0.579. The average molecular weight is 361 g/mol. The van der Waals surface area contributed by atoms with Crippen molar-refractivity contribution in [2.45, 2.75) is 13.1 Å². The molecule has 1 fully saturated rings. The first-order chi connectivity index (χ1) is 13.2. The number of pyridine rings is 1. The number of nitrogens with zero attached hydrogens (tertiary/aromatic N) is 3. The first-order valence-electron chi connectivity index (χ1n) is 9.54. The summed E-state index contributed by atoms with van der Waals surface area (Å²) < 4.78 is 0. The molecule has 140 valence electrons. The zero-order chi connectivity index (χ0) is 18.6. The SMILES string of the molecule is CN1CCN(Cc2ccc(CNc3ccc4c(N)nccc4c3)cc2)CC1. The minimum absolute atomic E-state index is 0.579. The predicted octanol–water partition coefficient (Wildman–Crippen LogP) is 3.18. The van der Waals surface area contributed by atoms with Crippen LogP contribution in [0.2, 0.25) is 0 Å². The molecule has 0 aliphatic carbocycles. The van der Waals surface area contributed by atoms with E-state index < -0.39 is 0 Å². The lowest BCUT2D eigenvalue weighted by Gasteiger charge is -2.32. The van der Waals surface area contributed by atoms with E-state index in [0.717, 1.165) is 55.7 Å². The van der Waals surface area contributed by atoms with E-state index in [9.17, 15) is 0 Å². The van der Waals surface area contributed by atoms with Crippen LogP contribution in [0.3, 0.4) is 0 Å². The fourth-order valence-electron chi connectivity index (χ4n) is 3.54. The predicted molar refractivity (Wildman–Crippen MR) is 113 cm³/mol. The molecule has 0 bridgehead atoms. The lowest BCUT2D eigenvalue weighted by molar-refractivity contribution is 0.148. The van der Waals surface area contributed by atoms with Crippen molar-refractivity contribution in [1.29, 1.82) is 0 Å². The topological polar surface area (TPSA) is 57.4 Å². The molecule has 3 N–H and O–H groups in total. The molecule has 0 unspecified atom stereocenters. The summed E-state index contributed by atoms with van der Waals surface area (Å²) in [5.41, 5.74) is 9.68. The van der Waals surface area contributed by atoms with Gasteiger partial charge in [0.15, 0.2) is 0 Å². The summed E-state index contributed by atoms with van der Waals surface area (Å²) >= 11 is 0. The van der Waals surface area contributed by atoms with Crippen LogP contribution in [0.15, 0.2) is 54.7 Å². The third kappa shape index (κ3) is 4.38. The van der Waals surface area contributed by atoms with Crippen LogP contribution in [0.5, 0.6) is 0 Å². The van der Waals surface area contributed by atoms with Gasteiger partial charge in [0.1, 0.15) is 5.82 Å². The average Bonchev–Trinajstić information content (AvgIpc) is 2.69. The van der Waals surface area contributed by atoms with Gasteiger partial charge >= 0.3 is 0 Å². The maximum atomic E-state index is 5.92. The molecule has 4 rings (SSSR count). The molecule has 0 radical (unpaired) electrons. The highest BCUT2D eigenvalue weighted by molar-refractivity contribution is 5.92. The van der Waals surface area contributed by atoms with Gasteiger partial charge in [0.2, 0.25) is 0 Å². The second-order valence-corrected chi connectivity index (χ2v) is 7.38. The first-order valence-corrected chi connectivity index (χ1v) is 9.54. The van der Waals surface area contributed by atoms with Crippen molar-refractivity contribution in [3.8, 4) is 0 Å². The monoisotopic (exact) mass is 361 g/mol. The van der Waals surface area contributed by atoms with Crippen molar-refractivity contribution in [1.82, 2.24) is 14.8 Å². The fraction of sp³-hybridized carbons (Fsp3) is 0.318. The van der Waals surface area contributed by atoms with Crippen LogP contribution in [0.1, 0.15) is 11.1 Å². The summed E-state index contributed by atoms with van der Waals surface area (Å²) in [7, 11) is 2.19. The molecule has 0 amide bonds. The second kappa shape index (κ2) is 7.94. The van der Waals surface area contributed by atoms with E-state index in [2.05, 4.69) is 63.5 Å². The van der Waals surface area contributed by atoms with Crippen molar-refractivity contribution in [3.05, 3.63) is 65.9 Å². The summed E-state index contributed by atoms with van der Waals surface area (Å²) in [6.07, 6.45) is 1.75. The van der Waals surface area contributed by atoms with E-state index in [-0.39, 0.29) is 0 Å². The highest BCUT2D eigenvalue weighted by Crippen LogP contribution is 2.22. The lowest BCUT2D eigenvalue weighted by Crippen LogP contribution is -2.43. The van der Waals surface area contributed by atoms with E-state index in [1.54, 1.807) is 6.20 Å². The molecule has 1 saturated heterocycles. The van der Waals surface area contributed by atoms with E-state index in [1.165, 1.54) is 11.1 Å². The zero-order valence-corrected chi connectivity index (χ0v) is 15.9. The van der Waals surface area contributed by atoms with Crippen LogP contribution in [-0.4, -0.2) is 48.0 Å². The Kier molecular flexibility index (Phi) is 5.23. The van der Waals surface area contributed by atoms with Gasteiger partial charge in [-0.3, -0.25) is 4.90 Å². The highest BCUT2D eigenvalue weighted by atomic mass is 15.2. The van der Waals surface area contributed by atoms with Crippen molar-refractivity contribution in [2.75, 3.05) is 44.3 Å². The summed E-state index contributed by atoms with van der Waals surface area (Å²) in [5.74, 6) is 0.579. The second-order valence-electron chi connectivity index (χ2n) is 7.38. The van der Waals surface area contributed by atoms with Crippen molar-refractivity contribution in [3.63, 3.8) is 0 Å². The molecule has 5 heteroatoms. The molecular weight excluding hydrogens is 334 g/mol. The Labute approximate surface area is 160 Å². The Morgan fingerprint density at radius 2 is 1.70 bits per heavy atom. The van der Waals surface area contributed by atoms with Gasteiger partial charge in [0, 0.05) is 56.5 Å². The van der Waals surface area contributed by atoms with Crippen molar-refractivity contribution >= 4 is 22.3 Å². The Balaban J connectivity index is 1.35. The number of anilines is 2. The first kappa shape index (κ1) is 17.8. The molecule has 0 spiro atoms. The fourth-order valence-corrected chi connectivity index (χ4v) is 3.54. The number of hydrogen-bond acceptors (Lipinski definition) is 5. The Bertz CT molecular complexity index is 898. The molecule has 1 aromatic heterocycles. The van der Waals surface area contributed by atoms with E-state index in [1.807, 2.05) is 12.1 Å². The Morgan fingerprint density at radius 1 is 0.963 bits per heavy atom. The summed E-state index contributed by atoms with van der Waals surface area (Å²) in [6.45, 7) is 6.48. The number of likely N-dealkylation sites (N-methyl/N-ethyl adjacent to an activating group) is 1. The van der Waals surface area contributed by atoms with Gasteiger partial charge < -0.3 is 16.0 Å². The molecule has 1 aliphatic heterocycles. The summed E-state index contributed by atoms with van der Waals surface area (Å²) in [4.78, 5) is 9.06. The zero-order valence-electron chi connectivity index (χ0n) is 15.9. The van der Waals surface area contributed by atoms with Gasteiger partial charge in [-0.25, -0.2) is 4.98 Å². The van der Waals surface area contributed by atoms with Gasteiger partial charge in [0.05, 0.1) is 0 Å².